The molecule has 0 aromatic rings. The highest BCUT2D eigenvalue weighted by Crippen LogP contribution is 2.47. The number of methoxy groups -OCH3 is 1. The van der Waals surface area contributed by atoms with E-state index in [0.717, 1.165) is 49.7 Å². The van der Waals surface area contributed by atoms with Gasteiger partial charge >= 0.3 is 0 Å². The normalized spacial score (nSPS) is 49.9. The summed E-state index contributed by atoms with van der Waals surface area (Å²) in [5.41, 5.74) is 8.01. The second kappa shape index (κ2) is 15.9. The van der Waals surface area contributed by atoms with Crippen LogP contribution in [0.2, 0.25) is 0 Å². The van der Waals surface area contributed by atoms with E-state index in [2.05, 4.69) is 27.0 Å². The number of ether oxygens (including phenoxy) is 9. The Morgan fingerprint density at radius 2 is 1.62 bits per heavy atom. The molecule has 8 fully saturated rings. The van der Waals surface area contributed by atoms with E-state index in [4.69, 9.17) is 48.4 Å². The molecule has 0 aromatic carbocycles. The maximum atomic E-state index is 14.1. The molecule has 10 bridgehead atoms. The van der Waals surface area contributed by atoms with Crippen molar-refractivity contribution < 1.29 is 52.5 Å². The number of hydrogen-bond acceptors (Lipinski definition) is 12. The van der Waals surface area contributed by atoms with Crippen LogP contribution in [0.15, 0.2) is 24.3 Å². The second-order valence-corrected chi connectivity index (χ2v) is 17.4. The van der Waals surface area contributed by atoms with Crippen molar-refractivity contribution in [2.24, 2.45) is 17.6 Å². The van der Waals surface area contributed by atoms with Crippen LogP contribution in [-0.4, -0.2) is 128 Å². The number of Topliss-reactive ketones (excluding diaryl/α,β-unsaturated/α-hetero) is 1. The quantitative estimate of drug-likeness (QED) is 0.400. The number of nitrogens with two attached hydrogens (primary N) is 1. The molecule has 8 rings (SSSR count). The molecule has 0 amide bonds. The number of ketones is 1. The summed E-state index contributed by atoms with van der Waals surface area (Å²) in [6.07, 6.45) is 4.37. The topological polar surface area (TPSA) is 146 Å². The lowest BCUT2D eigenvalue weighted by Gasteiger charge is -2.48. The highest BCUT2D eigenvalue weighted by atomic mass is 16.7. The van der Waals surface area contributed by atoms with Gasteiger partial charge in [0.2, 0.25) is 0 Å². The van der Waals surface area contributed by atoms with E-state index < -0.39 is 18.0 Å². The van der Waals surface area contributed by atoms with Gasteiger partial charge in [-0.25, -0.2) is 0 Å². The summed E-state index contributed by atoms with van der Waals surface area (Å²) in [7, 11) is 1.66. The first kappa shape index (κ1) is 38.6. The molecule has 53 heavy (non-hydrogen) atoms. The molecule has 3 N–H and O–H groups in total. The largest absolute Gasteiger partial charge is 0.392 e. The highest BCUT2D eigenvalue weighted by molar-refractivity contribution is 5.79. The molecule has 12 nitrogen and oxygen atoms in total. The van der Waals surface area contributed by atoms with E-state index in [-0.39, 0.29) is 116 Å². The molecule has 0 radical (unpaired) electrons. The molecule has 8 saturated heterocycles. The zero-order chi connectivity index (χ0) is 37.0. The number of carbonyl (C=O) groups is 1. The number of carbonyl (C=O) groups excluding carboxylic acids is 1. The van der Waals surface area contributed by atoms with Crippen molar-refractivity contribution in [1.29, 1.82) is 0 Å². The van der Waals surface area contributed by atoms with Gasteiger partial charge in [-0.3, -0.25) is 4.79 Å². The summed E-state index contributed by atoms with van der Waals surface area (Å²) >= 11 is 0. The Bertz CT molecular complexity index is 1350. The molecule has 0 saturated carbocycles. The smallest absolute Gasteiger partial charge is 0.171 e. The van der Waals surface area contributed by atoms with Crippen LogP contribution in [0.3, 0.4) is 0 Å². The molecule has 18 atom stereocenters. The molecular formula is C41H63NO11. The Balaban J connectivity index is 1.08. The third-order valence-electron chi connectivity index (χ3n) is 13.7. The molecule has 0 aromatic heterocycles. The summed E-state index contributed by atoms with van der Waals surface area (Å²) in [5.74, 6) is -0.701. The van der Waals surface area contributed by atoms with Crippen LogP contribution in [0, 0.1) is 11.8 Å². The Hall–Kier alpha value is -1.29. The van der Waals surface area contributed by atoms with Crippen LogP contribution >= 0.6 is 0 Å². The first-order valence-electron chi connectivity index (χ1n) is 20.6. The molecule has 298 valence electrons. The van der Waals surface area contributed by atoms with Crippen LogP contribution in [0.4, 0.5) is 0 Å². The van der Waals surface area contributed by atoms with Crippen molar-refractivity contribution in [2.45, 2.75) is 195 Å². The predicted molar refractivity (Wildman–Crippen MR) is 193 cm³/mol. The zero-order valence-electron chi connectivity index (χ0n) is 31.9. The van der Waals surface area contributed by atoms with Crippen LogP contribution in [0.25, 0.3) is 0 Å². The molecular weight excluding hydrogens is 682 g/mol. The van der Waals surface area contributed by atoms with Gasteiger partial charge in [0, 0.05) is 58.1 Å². The van der Waals surface area contributed by atoms with Gasteiger partial charge in [0.15, 0.2) is 5.79 Å². The molecule has 12 heteroatoms. The minimum atomic E-state index is -0.845. The molecule has 8 aliphatic heterocycles. The van der Waals surface area contributed by atoms with Crippen molar-refractivity contribution in [2.75, 3.05) is 20.3 Å². The first-order valence-corrected chi connectivity index (χ1v) is 20.6. The lowest BCUT2D eigenvalue weighted by molar-refractivity contribution is -0.290. The van der Waals surface area contributed by atoms with Crippen molar-refractivity contribution >= 4 is 5.78 Å². The third kappa shape index (κ3) is 7.86. The minimum absolute atomic E-state index is 0.0266. The average Bonchev–Trinajstić information content (AvgIpc) is 3.54. The summed E-state index contributed by atoms with van der Waals surface area (Å²) in [5, 5.41) is 10.5. The molecule has 8 heterocycles. The number of rotatable bonds is 4. The van der Waals surface area contributed by atoms with Crippen molar-refractivity contribution in [1.82, 2.24) is 0 Å². The highest BCUT2D eigenvalue weighted by Gasteiger charge is 2.59. The summed E-state index contributed by atoms with van der Waals surface area (Å²) in [4.78, 5) is 14.1. The van der Waals surface area contributed by atoms with E-state index >= 15 is 0 Å². The molecule has 0 spiro atoms. The minimum Gasteiger partial charge on any atom is -0.392 e. The Labute approximate surface area is 314 Å². The SMILES string of the molecule is C=C1C[C@@H]2CC[C@@]34CCOC5[C@@H](O3)[C@H]3O[C@H](CC[C@@H]3O[C@H]5[C@H](C)O4)CC(=O)C[C@@H]3[C@@H](OC)[C@@H](C[C@H](O)CN)O[C@H]3C[C@H]3O[C@@H](CC[C@@H]1O2)C[C@@H](C)C3=C. The van der Waals surface area contributed by atoms with Crippen molar-refractivity contribution in [3.63, 3.8) is 0 Å². The van der Waals surface area contributed by atoms with Gasteiger partial charge in [-0.05, 0) is 68.9 Å². The van der Waals surface area contributed by atoms with Gasteiger partial charge in [-0.15, -0.1) is 0 Å². The lowest BCUT2D eigenvalue weighted by atomic mass is 9.81. The zero-order valence-corrected chi connectivity index (χ0v) is 31.9. The summed E-state index contributed by atoms with van der Waals surface area (Å²) in [6.45, 7) is 13.8. The average molecular weight is 746 g/mol. The van der Waals surface area contributed by atoms with E-state index in [1.807, 2.05) is 0 Å². The molecule has 1 unspecified atom stereocenters. The Kier molecular flexibility index (Phi) is 11.6. The van der Waals surface area contributed by atoms with Gasteiger partial charge in [-0.1, -0.05) is 20.1 Å². The Morgan fingerprint density at radius 3 is 2.43 bits per heavy atom. The number of hydrogen-bond donors (Lipinski definition) is 2. The second-order valence-electron chi connectivity index (χ2n) is 17.4. The maximum absolute atomic E-state index is 14.1. The van der Waals surface area contributed by atoms with E-state index in [1.165, 1.54) is 0 Å². The molecule has 0 aliphatic carbocycles. The van der Waals surface area contributed by atoms with Crippen molar-refractivity contribution in [3.05, 3.63) is 24.3 Å². The van der Waals surface area contributed by atoms with Crippen molar-refractivity contribution in [3.8, 4) is 0 Å². The number of aliphatic hydroxyl groups is 1. The van der Waals surface area contributed by atoms with E-state index in [0.29, 0.717) is 38.7 Å². The van der Waals surface area contributed by atoms with Gasteiger partial charge < -0.3 is 53.5 Å². The fourth-order valence-corrected chi connectivity index (χ4v) is 10.9. The summed E-state index contributed by atoms with van der Waals surface area (Å²) in [6, 6.07) is 0. The summed E-state index contributed by atoms with van der Waals surface area (Å²) < 4.78 is 60.1. The third-order valence-corrected chi connectivity index (χ3v) is 13.7. The van der Waals surface area contributed by atoms with Crippen LogP contribution in [0.1, 0.15) is 97.3 Å². The number of fused-ring (bicyclic) bond motifs is 6. The van der Waals surface area contributed by atoms with E-state index in [9.17, 15) is 9.90 Å². The fraction of sp³-hybridized carbons (Fsp3) is 0.878. The van der Waals surface area contributed by atoms with Crippen LogP contribution in [-0.2, 0) is 47.4 Å². The van der Waals surface area contributed by atoms with Gasteiger partial charge in [-0.2, -0.15) is 0 Å². The van der Waals surface area contributed by atoms with Crippen LogP contribution < -0.4 is 5.73 Å². The van der Waals surface area contributed by atoms with Crippen LogP contribution in [0.5, 0.6) is 0 Å². The molecule has 8 aliphatic rings. The van der Waals surface area contributed by atoms with Gasteiger partial charge in [0.1, 0.15) is 30.2 Å². The standard InChI is InChI=1S/C41H63NO11/c1-21-14-27-6-8-31-22(2)15-29(47-31)10-11-41-12-13-46-39-36(24(4)52-41)51-32-9-7-28(49-38(32)40(39)53-41)16-25(43)17-30-34(19-33(48-27)23(21)3)50-35(37(30)45-5)18-26(44)20-42/h21,24,26-40,44H,2-3,6-20,42H2,1,4-5H3/t21-,24+,26+,27+,28-,29+,30+,31+,32+,33-,34+,35-,36+,37-,38+,39?,40+,41+/m1/s1. The lowest BCUT2D eigenvalue weighted by Crippen LogP contribution is -2.63. The number of aliphatic hydroxyl groups excluding tert-OH is 1. The van der Waals surface area contributed by atoms with Gasteiger partial charge in [0.05, 0.1) is 73.8 Å². The monoisotopic (exact) mass is 745 g/mol. The van der Waals surface area contributed by atoms with E-state index in [1.54, 1.807) is 7.11 Å². The predicted octanol–water partition coefficient (Wildman–Crippen LogP) is 4.08. The maximum Gasteiger partial charge on any atom is 0.171 e. The first-order chi connectivity index (χ1) is 25.5. The Morgan fingerprint density at radius 1 is 0.830 bits per heavy atom. The fourth-order valence-electron chi connectivity index (χ4n) is 10.9. The van der Waals surface area contributed by atoms with Gasteiger partial charge in [0.25, 0.3) is 0 Å².